The highest BCUT2D eigenvalue weighted by Gasteiger charge is 2.13. The molecule has 5 nitrogen and oxygen atoms in total. The molecule has 2 aromatic carbocycles. The zero-order chi connectivity index (χ0) is 18.8. The van der Waals surface area contributed by atoms with Crippen molar-refractivity contribution >= 4 is 40.8 Å². The fourth-order valence-electron chi connectivity index (χ4n) is 2.63. The Bertz CT molecular complexity index is 1090. The van der Waals surface area contributed by atoms with Crippen LogP contribution in [0.5, 0.6) is 11.5 Å². The maximum Gasteiger partial charge on any atom is 0.231 e. The molecule has 0 bridgehead atoms. The maximum absolute atomic E-state index is 6.19. The van der Waals surface area contributed by atoms with Crippen LogP contribution in [0.2, 0.25) is 10.0 Å². The summed E-state index contributed by atoms with van der Waals surface area (Å²) < 4.78 is 12.6. The Labute approximate surface area is 170 Å². The molecule has 0 saturated heterocycles. The van der Waals surface area contributed by atoms with Crippen LogP contribution in [0.15, 0.2) is 51.9 Å². The van der Waals surface area contributed by atoms with Crippen molar-refractivity contribution in [3.8, 4) is 22.8 Å². The van der Waals surface area contributed by atoms with Crippen LogP contribution < -0.4 is 14.3 Å². The van der Waals surface area contributed by atoms with Gasteiger partial charge < -0.3 is 9.47 Å². The van der Waals surface area contributed by atoms with Crippen LogP contribution in [0.4, 0.5) is 0 Å². The summed E-state index contributed by atoms with van der Waals surface area (Å²) in [5.41, 5.74) is 2.71. The van der Waals surface area contributed by atoms with E-state index in [1.165, 1.54) is 11.3 Å². The molecule has 0 unspecified atom stereocenters. The van der Waals surface area contributed by atoms with Crippen molar-refractivity contribution in [2.24, 2.45) is 10.1 Å². The van der Waals surface area contributed by atoms with Crippen molar-refractivity contribution in [2.75, 3.05) is 13.3 Å². The highest BCUT2D eigenvalue weighted by Crippen LogP contribution is 2.32. The number of halogens is 2. The van der Waals surface area contributed by atoms with E-state index in [4.69, 9.17) is 32.7 Å². The van der Waals surface area contributed by atoms with Gasteiger partial charge in [-0.05, 0) is 42.8 Å². The number of ether oxygens (including phenoxy) is 2. The van der Waals surface area contributed by atoms with Gasteiger partial charge >= 0.3 is 0 Å². The molecule has 0 amide bonds. The predicted octanol–water partition coefficient (Wildman–Crippen LogP) is 5.05. The first-order chi connectivity index (χ1) is 13.2. The summed E-state index contributed by atoms with van der Waals surface area (Å²) in [5, 5.41) is 7.67. The summed E-state index contributed by atoms with van der Waals surface area (Å²) >= 11 is 13.8. The van der Waals surface area contributed by atoms with E-state index in [0.717, 1.165) is 33.1 Å². The number of rotatable bonds is 4. The maximum atomic E-state index is 6.19. The summed E-state index contributed by atoms with van der Waals surface area (Å²) in [4.78, 5) is 5.33. The van der Waals surface area contributed by atoms with Crippen LogP contribution in [-0.4, -0.2) is 24.2 Å². The molecular formula is C19H15Cl2N3O2S. The van der Waals surface area contributed by atoms with Gasteiger partial charge in [0, 0.05) is 17.5 Å². The minimum absolute atomic E-state index is 0.246. The van der Waals surface area contributed by atoms with Gasteiger partial charge in [-0.2, -0.15) is 5.10 Å². The van der Waals surface area contributed by atoms with Crippen LogP contribution in [0, 0.1) is 0 Å². The van der Waals surface area contributed by atoms with Crippen molar-refractivity contribution in [1.29, 1.82) is 0 Å². The van der Waals surface area contributed by atoms with E-state index in [-0.39, 0.29) is 6.79 Å². The van der Waals surface area contributed by atoms with Crippen LogP contribution in [-0.2, 0) is 0 Å². The summed E-state index contributed by atoms with van der Waals surface area (Å²) in [6.45, 7) is 2.90. The number of hydrogen-bond acceptors (Lipinski definition) is 5. The number of aromatic nitrogens is 1. The lowest BCUT2D eigenvalue weighted by molar-refractivity contribution is 0.174. The summed E-state index contributed by atoms with van der Waals surface area (Å²) in [5.74, 6) is 1.46. The molecular weight excluding hydrogens is 405 g/mol. The molecule has 0 N–H and O–H groups in total. The van der Waals surface area contributed by atoms with E-state index in [2.05, 4.69) is 10.1 Å². The van der Waals surface area contributed by atoms with Crippen LogP contribution in [0.3, 0.4) is 0 Å². The summed E-state index contributed by atoms with van der Waals surface area (Å²) in [6.07, 6.45) is 1.77. The minimum Gasteiger partial charge on any atom is -0.454 e. The van der Waals surface area contributed by atoms with Crippen molar-refractivity contribution in [2.45, 2.75) is 6.92 Å². The van der Waals surface area contributed by atoms with Gasteiger partial charge in [0.15, 0.2) is 11.5 Å². The Morgan fingerprint density at radius 3 is 2.78 bits per heavy atom. The predicted molar refractivity (Wildman–Crippen MR) is 109 cm³/mol. The SMILES string of the molecule is CCN=c1scc(-c2ccc(Cl)c(Cl)c2)n1/N=C\c1ccc2c(c1)OCO2. The number of benzene rings is 2. The van der Waals surface area contributed by atoms with Gasteiger partial charge in [0.2, 0.25) is 11.6 Å². The molecule has 0 fully saturated rings. The number of nitrogens with zero attached hydrogens (tertiary/aromatic N) is 3. The Hall–Kier alpha value is -2.28. The van der Waals surface area contributed by atoms with Crippen molar-refractivity contribution in [3.63, 3.8) is 0 Å². The molecule has 138 valence electrons. The van der Waals surface area contributed by atoms with Gasteiger partial charge in [-0.25, -0.2) is 4.68 Å². The van der Waals surface area contributed by atoms with Gasteiger partial charge in [-0.1, -0.05) is 29.3 Å². The van der Waals surface area contributed by atoms with Crippen LogP contribution >= 0.6 is 34.5 Å². The average molecular weight is 420 g/mol. The van der Waals surface area contributed by atoms with E-state index in [0.29, 0.717) is 16.6 Å². The monoisotopic (exact) mass is 419 g/mol. The van der Waals surface area contributed by atoms with Crippen molar-refractivity contribution < 1.29 is 9.47 Å². The molecule has 0 aliphatic carbocycles. The molecule has 3 aromatic rings. The van der Waals surface area contributed by atoms with Gasteiger partial charge in [0.25, 0.3) is 0 Å². The first-order valence-corrected chi connectivity index (χ1v) is 9.89. The fourth-order valence-corrected chi connectivity index (χ4v) is 3.83. The average Bonchev–Trinajstić information content (AvgIpc) is 3.29. The van der Waals surface area contributed by atoms with Gasteiger partial charge in [0.05, 0.1) is 22.0 Å². The molecule has 1 aromatic heterocycles. The van der Waals surface area contributed by atoms with E-state index < -0.39 is 0 Å². The quantitative estimate of drug-likeness (QED) is 0.555. The molecule has 27 heavy (non-hydrogen) atoms. The smallest absolute Gasteiger partial charge is 0.231 e. The van der Waals surface area contributed by atoms with Crippen LogP contribution in [0.1, 0.15) is 12.5 Å². The lowest BCUT2D eigenvalue weighted by Crippen LogP contribution is -2.12. The highest BCUT2D eigenvalue weighted by atomic mass is 35.5. The largest absolute Gasteiger partial charge is 0.454 e. The van der Waals surface area contributed by atoms with E-state index in [9.17, 15) is 0 Å². The second-order valence-electron chi connectivity index (χ2n) is 5.68. The second-order valence-corrected chi connectivity index (χ2v) is 7.33. The Kier molecular flexibility index (Phi) is 5.20. The van der Waals surface area contributed by atoms with E-state index >= 15 is 0 Å². The molecule has 0 atom stereocenters. The zero-order valence-corrected chi connectivity index (χ0v) is 16.7. The normalized spacial score (nSPS) is 13.7. The topological polar surface area (TPSA) is 48.1 Å². The molecule has 1 aliphatic heterocycles. The summed E-state index contributed by atoms with van der Waals surface area (Å²) in [6, 6.07) is 11.2. The van der Waals surface area contributed by atoms with E-state index in [1.807, 2.05) is 42.6 Å². The van der Waals surface area contributed by atoms with Crippen molar-refractivity contribution in [1.82, 2.24) is 4.68 Å². The molecule has 0 spiro atoms. The van der Waals surface area contributed by atoms with Crippen LogP contribution in [0.25, 0.3) is 11.3 Å². The molecule has 8 heteroatoms. The fraction of sp³-hybridized carbons (Fsp3) is 0.158. The number of hydrogen-bond donors (Lipinski definition) is 0. The molecule has 2 heterocycles. The Morgan fingerprint density at radius 2 is 1.96 bits per heavy atom. The lowest BCUT2D eigenvalue weighted by atomic mass is 10.2. The first-order valence-electron chi connectivity index (χ1n) is 8.26. The standard InChI is InChI=1S/C19H15Cl2N3O2S/c1-2-22-19-24(16(10-27-19)13-4-5-14(20)15(21)8-13)23-9-12-3-6-17-18(7-12)26-11-25-17/h3-10H,2,11H2,1H3/b22-19?,23-9-. The Morgan fingerprint density at radius 1 is 1.11 bits per heavy atom. The second kappa shape index (κ2) is 7.76. The molecule has 0 radical (unpaired) electrons. The lowest BCUT2D eigenvalue weighted by Gasteiger charge is -2.05. The van der Waals surface area contributed by atoms with Crippen molar-refractivity contribution in [3.05, 3.63) is 62.2 Å². The molecule has 4 rings (SSSR count). The Balaban J connectivity index is 1.75. The van der Waals surface area contributed by atoms with Gasteiger partial charge in [0.1, 0.15) is 0 Å². The number of fused-ring (bicyclic) bond motifs is 1. The third kappa shape index (κ3) is 3.74. The highest BCUT2D eigenvalue weighted by molar-refractivity contribution is 7.07. The minimum atomic E-state index is 0.246. The van der Waals surface area contributed by atoms with Gasteiger partial charge in [-0.3, -0.25) is 4.99 Å². The zero-order valence-electron chi connectivity index (χ0n) is 14.4. The third-order valence-electron chi connectivity index (χ3n) is 3.91. The third-order valence-corrected chi connectivity index (χ3v) is 5.51. The van der Waals surface area contributed by atoms with Gasteiger partial charge in [-0.15, -0.1) is 11.3 Å². The molecule has 1 aliphatic rings. The van der Waals surface area contributed by atoms with E-state index in [1.54, 1.807) is 17.0 Å². The first kappa shape index (κ1) is 18.1. The number of thiazole rings is 1. The molecule has 0 saturated carbocycles. The summed E-state index contributed by atoms with van der Waals surface area (Å²) in [7, 11) is 0.